The molecule has 0 aliphatic carbocycles. The number of esters is 1. The number of aliphatic hydroxyl groups is 1. The molecule has 0 aromatic carbocycles. The SMILES string of the molecule is COC(=O)c1nc(C)cc(N2CCC(O)C2)n1. The minimum atomic E-state index is -0.547. The highest BCUT2D eigenvalue weighted by atomic mass is 16.5. The fourth-order valence-electron chi connectivity index (χ4n) is 1.85. The molecule has 1 N–H and O–H groups in total. The highest BCUT2D eigenvalue weighted by Gasteiger charge is 2.23. The summed E-state index contributed by atoms with van der Waals surface area (Å²) in [7, 11) is 1.30. The maximum Gasteiger partial charge on any atom is 0.376 e. The van der Waals surface area contributed by atoms with Crippen LogP contribution in [-0.4, -0.2) is 47.3 Å². The van der Waals surface area contributed by atoms with Crippen molar-refractivity contribution >= 4 is 11.8 Å². The molecular formula is C11H15N3O3. The third-order valence-electron chi connectivity index (χ3n) is 2.70. The van der Waals surface area contributed by atoms with Gasteiger partial charge in [0.25, 0.3) is 0 Å². The Morgan fingerprint density at radius 1 is 1.59 bits per heavy atom. The third kappa shape index (κ3) is 2.52. The first-order valence-electron chi connectivity index (χ1n) is 5.47. The summed E-state index contributed by atoms with van der Waals surface area (Å²) in [5, 5.41) is 9.48. The molecule has 0 radical (unpaired) electrons. The van der Waals surface area contributed by atoms with Gasteiger partial charge in [-0.25, -0.2) is 14.8 Å². The minimum absolute atomic E-state index is 0.0592. The van der Waals surface area contributed by atoms with Gasteiger partial charge in [0.1, 0.15) is 5.82 Å². The van der Waals surface area contributed by atoms with Crippen molar-refractivity contribution in [3.63, 3.8) is 0 Å². The van der Waals surface area contributed by atoms with Crippen LogP contribution in [0.1, 0.15) is 22.7 Å². The van der Waals surface area contributed by atoms with Gasteiger partial charge in [0.2, 0.25) is 5.82 Å². The molecule has 1 unspecified atom stereocenters. The van der Waals surface area contributed by atoms with Crippen LogP contribution < -0.4 is 4.90 Å². The maximum absolute atomic E-state index is 11.4. The number of β-amino-alcohol motifs (C(OH)–C–C–N with tert-alkyl or cyclic N) is 1. The van der Waals surface area contributed by atoms with Crippen LogP contribution in [0.5, 0.6) is 0 Å². The molecule has 1 fully saturated rings. The van der Waals surface area contributed by atoms with Crippen LogP contribution in [0.25, 0.3) is 0 Å². The number of carbonyl (C=O) groups is 1. The molecule has 1 aromatic heterocycles. The lowest BCUT2D eigenvalue weighted by Crippen LogP contribution is -2.23. The van der Waals surface area contributed by atoms with E-state index >= 15 is 0 Å². The molecule has 17 heavy (non-hydrogen) atoms. The van der Waals surface area contributed by atoms with Crippen molar-refractivity contribution in [2.75, 3.05) is 25.1 Å². The van der Waals surface area contributed by atoms with E-state index in [4.69, 9.17) is 0 Å². The molecular weight excluding hydrogens is 222 g/mol. The van der Waals surface area contributed by atoms with Gasteiger partial charge in [0, 0.05) is 24.8 Å². The lowest BCUT2D eigenvalue weighted by atomic mass is 10.3. The normalized spacial score (nSPS) is 19.5. The summed E-state index contributed by atoms with van der Waals surface area (Å²) in [6.07, 6.45) is 0.392. The molecule has 1 aliphatic rings. The van der Waals surface area contributed by atoms with Crippen molar-refractivity contribution in [3.05, 3.63) is 17.6 Å². The summed E-state index contributed by atoms with van der Waals surface area (Å²) in [5.41, 5.74) is 0.705. The standard InChI is InChI=1S/C11H15N3O3/c1-7-5-9(14-4-3-8(15)6-14)13-10(12-7)11(16)17-2/h5,8,15H,3-4,6H2,1-2H3. The zero-order valence-electron chi connectivity index (χ0n) is 9.88. The van der Waals surface area contributed by atoms with Crippen LogP contribution in [0.2, 0.25) is 0 Å². The van der Waals surface area contributed by atoms with E-state index in [1.165, 1.54) is 7.11 Å². The van der Waals surface area contributed by atoms with Crippen LogP contribution in [0.15, 0.2) is 6.07 Å². The summed E-state index contributed by atoms with van der Waals surface area (Å²) in [5.74, 6) is 0.174. The van der Waals surface area contributed by atoms with Crippen LogP contribution >= 0.6 is 0 Å². The maximum atomic E-state index is 11.4. The van der Waals surface area contributed by atoms with Crippen LogP contribution in [-0.2, 0) is 4.74 Å². The van der Waals surface area contributed by atoms with E-state index in [2.05, 4.69) is 14.7 Å². The quantitative estimate of drug-likeness (QED) is 0.737. The number of hydrogen-bond donors (Lipinski definition) is 1. The largest absolute Gasteiger partial charge is 0.463 e. The van der Waals surface area contributed by atoms with Crippen LogP contribution in [0.3, 0.4) is 0 Å². The van der Waals surface area contributed by atoms with Crippen molar-refractivity contribution in [2.45, 2.75) is 19.4 Å². The zero-order valence-corrected chi connectivity index (χ0v) is 9.88. The number of aliphatic hydroxyl groups excluding tert-OH is 1. The second kappa shape index (κ2) is 4.67. The number of nitrogens with zero attached hydrogens (tertiary/aromatic N) is 3. The fourth-order valence-corrected chi connectivity index (χ4v) is 1.85. The number of carbonyl (C=O) groups excluding carboxylic acids is 1. The second-order valence-electron chi connectivity index (χ2n) is 4.07. The third-order valence-corrected chi connectivity index (χ3v) is 2.70. The molecule has 0 spiro atoms. The lowest BCUT2D eigenvalue weighted by molar-refractivity contribution is 0.0586. The molecule has 1 saturated heterocycles. The van der Waals surface area contributed by atoms with Crippen molar-refractivity contribution in [1.29, 1.82) is 0 Å². The Bertz CT molecular complexity index is 436. The second-order valence-corrected chi connectivity index (χ2v) is 4.07. The van der Waals surface area contributed by atoms with Crippen LogP contribution in [0, 0.1) is 6.92 Å². The average Bonchev–Trinajstić information content (AvgIpc) is 2.74. The Balaban J connectivity index is 2.28. The molecule has 0 amide bonds. The van der Waals surface area contributed by atoms with Gasteiger partial charge in [-0.2, -0.15) is 0 Å². The van der Waals surface area contributed by atoms with Gasteiger partial charge in [-0.15, -0.1) is 0 Å². The molecule has 92 valence electrons. The Labute approximate surface area is 99.2 Å². The molecule has 0 bridgehead atoms. The van der Waals surface area contributed by atoms with Gasteiger partial charge in [-0.3, -0.25) is 0 Å². The Morgan fingerprint density at radius 2 is 2.35 bits per heavy atom. The van der Waals surface area contributed by atoms with Crippen molar-refractivity contribution in [3.8, 4) is 0 Å². The predicted octanol–water partition coefficient (Wildman–Crippen LogP) is 0.143. The molecule has 1 atom stereocenters. The summed E-state index contributed by atoms with van der Waals surface area (Å²) in [6.45, 7) is 3.07. The van der Waals surface area contributed by atoms with E-state index in [0.717, 1.165) is 13.0 Å². The van der Waals surface area contributed by atoms with E-state index in [1.807, 2.05) is 4.90 Å². The lowest BCUT2D eigenvalue weighted by Gasteiger charge is -2.17. The van der Waals surface area contributed by atoms with E-state index < -0.39 is 5.97 Å². The Hall–Kier alpha value is -1.69. The summed E-state index contributed by atoms with van der Waals surface area (Å²) in [6, 6.07) is 1.80. The summed E-state index contributed by atoms with van der Waals surface area (Å²) >= 11 is 0. The first-order chi connectivity index (χ1) is 8.10. The topological polar surface area (TPSA) is 75.5 Å². The number of aromatic nitrogens is 2. The minimum Gasteiger partial charge on any atom is -0.463 e. The first-order valence-corrected chi connectivity index (χ1v) is 5.47. The van der Waals surface area contributed by atoms with Crippen molar-refractivity contribution in [2.24, 2.45) is 0 Å². The average molecular weight is 237 g/mol. The van der Waals surface area contributed by atoms with Crippen molar-refractivity contribution in [1.82, 2.24) is 9.97 Å². The molecule has 1 aromatic rings. The van der Waals surface area contributed by atoms with Crippen LogP contribution in [0.4, 0.5) is 5.82 Å². The predicted molar refractivity (Wildman–Crippen MR) is 60.9 cm³/mol. The number of ether oxygens (including phenoxy) is 1. The van der Waals surface area contributed by atoms with E-state index in [-0.39, 0.29) is 11.9 Å². The van der Waals surface area contributed by atoms with Crippen molar-refractivity contribution < 1.29 is 14.6 Å². The first kappa shape index (κ1) is 11.8. The monoisotopic (exact) mass is 237 g/mol. The van der Waals surface area contributed by atoms with Gasteiger partial charge in [0.15, 0.2) is 0 Å². The zero-order chi connectivity index (χ0) is 12.4. The number of anilines is 1. The van der Waals surface area contributed by atoms with E-state index in [9.17, 15) is 9.90 Å². The number of rotatable bonds is 2. The fraction of sp³-hybridized carbons (Fsp3) is 0.545. The Kier molecular flexibility index (Phi) is 3.23. The molecule has 2 heterocycles. The Morgan fingerprint density at radius 3 is 2.94 bits per heavy atom. The number of methoxy groups -OCH3 is 1. The summed E-state index contributed by atoms with van der Waals surface area (Å²) in [4.78, 5) is 21.5. The molecule has 2 rings (SSSR count). The van der Waals surface area contributed by atoms with Gasteiger partial charge in [0.05, 0.1) is 13.2 Å². The molecule has 6 nitrogen and oxygen atoms in total. The highest BCUT2D eigenvalue weighted by molar-refractivity contribution is 5.85. The van der Waals surface area contributed by atoms with Gasteiger partial charge in [-0.05, 0) is 13.3 Å². The van der Waals surface area contributed by atoms with Gasteiger partial charge < -0.3 is 14.7 Å². The number of hydrogen-bond acceptors (Lipinski definition) is 6. The summed E-state index contributed by atoms with van der Waals surface area (Å²) < 4.78 is 4.60. The number of aryl methyl sites for hydroxylation is 1. The molecule has 1 aliphatic heterocycles. The van der Waals surface area contributed by atoms with E-state index in [1.54, 1.807) is 13.0 Å². The molecule has 0 saturated carbocycles. The van der Waals surface area contributed by atoms with E-state index in [0.29, 0.717) is 18.1 Å². The highest BCUT2D eigenvalue weighted by Crippen LogP contribution is 2.19. The van der Waals surface area contributed by atoms with Gasteiger partial charge >= 0.3 is 5.97 Å². The molecule has 6 heteroatoms. The van der Waals surface area contributed by atoms with Gasteiger partial charge in [-0.1, -0.05) is 0 Å². The smallest absolute Gasteiger partial charge is 0.376 e.